The predicted octanol–water partition coefficient (Wildman–Crippen LogP) is 5.68. The number of aliphatic hydroxyl groups excluding tert-OH is 1. The topological polar surface area (TPSA) is 83.6 Å². The van der Waals surface area contributed by atoms with Gasteiger partial charge in [0, 0.05) is 21.7 Å². The van der Waals surface area contributed by atoms with Gasteiger partial charge in [0.25, 0.3) is 5.91 Å². The first-order valence-electron chi connectivity index (χ1n) is 9.92. The molecule has 1 unspecified atom stereocenters. The van der Waals surface area contributed by atoms with E-state index in [0.717, 1.165) is 15.4 Å². The predicted molar refractivity (Wildman–Crippen MR) is 124 cm³/mol. The third kappa shape index (κ3) is 3.31. The van der Waals surface area contributed by atoms with Gasteiger partial charge in [-0.15, -0.1) is 0 Å². The van der Waals surface area contributed by atoms with E-state index < -0.39 is 23.5 Å². The summed E-state index contributed by atoms with van der Waals surface area (Å²) in [7, 11) is 0. The first-order valence-corrected chi connectivity index (χ1v) is 10.7. The molecule has 1 aliphatic heterocycles. The van der Waals surface area contributed by atoms with Crippen molar-refractivity contribution in [3.05, 3.63) is 106 Å². The fraction of sp³-hybridized carbons (Fsp3) is 0.0800. The molecule has 32 heavy (non-hydrogen) atoms. The Kier molecular flexibility index (Phi) is 4.90. The molecule has 158 valence electrons. The number of pyridine rings is 1. The van der Waals surface area contributed by atoms with Crippen molar-refractivity contribution in [3.63, 3.8) is 0 Å². The Morgan fingerprint density at radius 2 is 1.88 bits per heavy atom. The molecule has 5 rings (SSSR count). The second-order valence-electron chi connectivity index (χ2n) is 7.55. The highest BCUT2D eigenvalue weighted by atomic mass is 79.9. The molecule has 0 fully saturated rings. The summed E-state index contributed by atoms with van der Waals surface area (Å²) in [6, 6.07) is 18.7. The molecule has 6 nitrogen and oxygen atoms in total. The maximum absolute atomic E-state index is 13.5. The zero-order chi connectivity index (χ0) is 22.4. The molecule has 0 saturated carbocycles. The van der Waals surface area contributed by atoms with Crippen molar-refractivity contribution in [3.8, 4) is 0 Å². The van der Waals surface area contributed by atoms with Crippen molar-refractivity contribution in [1.82, 2.24) is 4.98 Å². The van der Waals surface area contributed by atoms with Crippen LogP contribution in [0.4, 0.5) is 5.69 Å². The molecule has 2 aromatic carbocycles. The normalized spacial score (nSPS) is 16.2. The molecule has 0 spiro atoms. The van der Waals surface area contributed by atoms with Gasteiger partial charge in [0.15, 0.2) is 11.5 Å². The number of benzene rings is 2. The van der Waals surface area contributed by atoms with Crippen LogP contribution in [0.2, 0.25) is 0 Å². The standard InChI is InChI=1S/C25H17BrN2O4/c1-14-5-8-17(9-6-14)28-22(18-4-2-3-11-27-18)21(24(30)25(28)31)23(29)20-13-15-12-16(26)7-10-19(15)32-20/h2-13,22,30H,1H3. The van der Waals surface area contributed by atoms with Gasteiger partial charge in [0.2, 0.25) is 5.78 Å². The number of carbonyl (C=O) groups excluding carboxylic acids is 2. The van der Waals surface area contributed by atoms with E-state index in [2.05, 4.69) is 20.9 Å². The van der Waals surface area contributed by atoms with Gasteiger partial charge >= 0.3 is 0 Å². The molecule has 0 radical (unpaired) electrons. The third-order valence-electron chi connectivity index (χ3n) is 5.43. The van der Waals surface area contributed by atoms with Crippen molar-refractivity contribution in [2.75, 3.05) is 4.90 Å². The number of aryl methyl sites for hydroxylation is 1. The van der Waals surface area contributed by atoms with Crippen LogP contribution in [0.3, 0.4) is 0 Å². The van der Waals surface area contributed by atoms with Crippen LogP contribution in [0.15, 0.2) is 93.1 Å². The highest BCUT2D eigenvalue weighted by Crippen LogP contribution is 2.41. The van der Waals surface area contributed by atoms with Gasteiger partial charge in [-0.25, -0.2) is 0 Å². The number of ketones is 1. The Morgan fingerprint density at radius 3 is 2.59 bits per heavy atom. The summed E-state index contributed by atoms with van der Waals surface area (Å²) in [5, 5.41) is 11.6. The lowest BCUT2D eigenvalue weighted by Gasteiger charge is -2.26. The highest BCUT2D eigenvalue weighted by Gasteiger charge is 2.46. The zero-order valence-electron chi connectivity index (χ0n) is 16.9. The largest absolute Gasteiger partial charge is 0.503 e. The lowest BCUT2D eigenvalue weighted by Crippen LogP contribution is -2.31. The molecule has 7 heteroatoms. The summed E-state index contributed by atoms with van der Waals surface area (Å²) in [5.41, 5.74) is 2.52. The Morgan fingerprint density at radius 1 is 1.09 bits per heavy atom. The van der Waals surface area contributed by atoms with Crippen LogP contribution in [0, 0.1) is 6.92 Å². The van der Waals surface area contributed by atoms with Crippen molar-refractivity contribution >= 4 is 44.3 Å². The number of hydrogen-bond acceptors (Lipinski definition) is 5. The van der Waals surface area contributed by atoms with Gasteiger partial charge in [-0.3, -0.25) is 19.5 Å². The first-order chi connectivity index (χ1) is 15.4. The smallest absolute Gasteiger partial charge is 0.294 e. The number of rotatable bonds is 4. The molecule has 3 heterocycles. The van der Waals surface area contributed by atoms with Crippen LogP contribution < -0.4 is 4.90 Å². The number of aliphatic hydroxyl groups is 1. The van der Waals surface area contributed by atoms with E-state index in [1.165, 1.54) is 4.90 Å². The van der Waals surface area contributed by atoms with E-state index in [4.69, 9.17) is 4.42 Å². The van der Waals surface area contributed by atoms with Crippen molar-refractivity contribution in [2.45, 2.75) is 13.0 Å². The molecule has 1 amide bonds. The molecule has 1 aliphatic rings. The maximum Gasteiger partial charge on any atom is 0.294 e. The minimum Gasteiger partial charge on any atom is -0.503 e. The van der Waals surface area contributed by atoms with E-state index in [0.29, 0.717) is 17.0 Å². The summed E-state index contributed by atoms with van der Waals surface area (Å²) in [6.45, 7) is 1.94. The fourth-order valence-electron chi connectivity index (χ4n) is 3.89. The van der Waals surface area contributed by atoms with Crippen LogP contribution in [-0.4, -0.2) is 21.8 Å². The van der Waals surface area contributed by atoms with E-state index in [9.17, 15) is 14.7 Å². The summed E-state index contributed by atoms with van der Waals surface area (Å²) in [5.74, 6) is -1.79. The molecule has 4 aromatic rings. The van der Waals surface area contributed by atoms with Crippen LogP contribution in [0.5, 0.6) is 0 Å². The Labute approximate surface area is 191 Å². The van der Waals surface area contributed by atoms with Crippen LogP contribution >= 0.6 is 15.9 Å². The Hall–Kier alpha value is -3.71. The number of aromatic nitrogens is 1. The number of amides is 1. The second-order valence-corrected chi connectivity index (χ2v) is 8.47. The first kappa shape index (κ1) is 20.2. The minimum absolute atomic E-state index is 0.0409. The number of furan rings is 1. The van der Waals surface area contributed by atoms with Gasteiger partial charge in [0.05, 0.1) is 11.3 Å². The van der Waals surface area contributed by atoms with Gasteiger partial charge in [-0.05, 0) is 55.5 Å². The zero-order valence-corrected chi connectivity index (χ0v) is 18.5. The number of hydrogen-bond donors (Lipinski definition) is 1. The summed E-state index contributed by atoms with van der Waals surface area (Å²) in [4.78, 5) is 32.4. The van der Waals surface area contributed by atoms with Crippen molar-refractivity contribution < 1.29 is 19.1 Å². The lowest BCUT2D eigenvalue weighted by atomic mass is 9.98. The van der Waals surface area contributed by atoms with Gasteiger partial charge in [0.1, 0.15) is 11.6 Å². The molecule has 0 bridgehead atoms. The number of halogens is 1. The average Bonchev–Trinajstić information content (AvgIpc) is 3.33. The van der Waals surface area contributed by atoms with Crippen molar-refractivity contribution in [2.24, 2.45) is 0 Å². The monoisotopic (exact) mass is 488 g/mol. The molecule has 0 aliphatic carbocycles. The van der Waals surface area contributed by atoms with Crippen molar-refractivity contribution in [1.29, 1.82) is 0 Å². The van der Waals surface area contributed by atoms with E-state index in [-0.39, 0.29) is 11.3 Å². The summed E-state index contributed by atoms with van der Waals surface area (Å²) < 4.78 is 6.60. The quantitative estimate of drug-likeness (QED) is 0.373. The van der Waals surface area contributed by atoms with E-state index >= 15 is 0 Å². The number of nitrogens with zero attached hydrogens (tertiary/aromatic N) is 2. The van der Waals surface area contributed by atoms with Gasteiger partial charge in [-0.2, -0.15) is 0 Å². The second kappa shape index (κ2) is 7.76. The number of Topliss-reactive ketones (excluding diaryl/α,β-unsaturated/α-hetero) is 1. The molecule has 2 aromatic heterocycles. The maximum atomic E-state index is 13.5. The Balaban J connectivity index is 1.65. The third-order valence-corrected chi connectivity index (χ3v) is 5.93. The molecule has 0 saturated heterocycles. The highest BCUT2D eigenvalue weighted by molar-refractivity contribution is 9.10. The molecule has 1 atom stereocenters. The van der Waals surface area contributed by atoms with E-state index in [1.54, 1.807) is 48.7 Å². The number of anilines is 1. The Bertz CT molecular complexity index is 1390. The van der Waals surface area contributed by atoms with Crippen LogP contribution in [0.25, 0.3) is 11.0 Å². The summed E-state index contributed by atoms with van der Waals surface area (Å²) >= 11 is 3.41. The van der Waals surface area contributed by atoms with E-state index in [1.807, 2.05) is 31.2 Å². The van der Waals surface area contributed by atoms with Gasteiger partial charge in [-0.1, -0.05) is 39.7 Å². The van der Waals surface area contributed by atoms with Gasteiger partial charge < -0.3 is 9.52 Å². The molecular weight excluding hydrogens is 472 g/mol. The van der Waals surface area contributed by atoms with Crippen LogP contribution in [-0.2, 0) is 4.79 Å². The summed E-state index contributed by atoms with van der Waals surface area (Å²) in [6.07, 6.45) is 1.59. The SMILES string of the molecule is Cc1ccc(N2C(=O)C(O)=C(C(=O)c3cc4cc(Br)ccc4o3)C2c2ccccn2)cc1. The fourth-order valence-corrected chi connectivity index (χ4v) is 4.26. The molecule has 1 N–H and O–H groups in total. The lowest BCUT2D eigenvalue weighted by molar-refractivity contribution is -0.117. The molecular formula is C25H17BrN2O4. The minimum atomic E-state index is -0.890. The number of fused-ring (bicyclic) bond motifs is 1. The average molecular weight is 489 g/mol. The van der Waals surface area contributed by atoms with Crippen LogP contribution in [0.1, 0.15) is 27.9 Å². The number of carbonyl (C=O) groups is 2.